The van der Waals surface area contributed by atoms with Crippen molar-refractivity contribution in [1.29, 1.82) is 0 Å². The lowest BCUT2D eigenvalue weighted by Crippen LogP contribution is -2.15. The number of nitrogens with two attached hydrogens (primary N) is 1. The zero-order valence-corrected chi connectivity index (χ0v) is 11.2. The van der Waals surface area contributed by atoms with Gasteiger partial charge in [0.05, 0.1) is 10.6 Å². The quantitative estimate of drug-likeness (QED) is 0.485. The number of anilines is 2. The number of non-ortho nitro benzene ring substituents is 1. The maximum atomic E-state index is 12.1. The van der Waals surface area contributed by atoms with Crippen LogP contribution in [-0.2, 0) is 17.1 Å². The van der Waals surface area contributed by atoms with Crippen LogP contribution in [0.25, 0.3) is 0 Å². The minimum atomic E-state index is -3.95. The molecule has 0 spiro atoms. The molecular formula is C10H11N5O4S. The van der Waals surface area contributed by atoms with Gasteiger partial charge < -0.3 is 5.73 Å². The van der Waals surface area contributed by atoms with Crippen molar-refractivity contribution in [3.63, 3.8) is 0 Å². The highest BCUT2D eigenvalue weighted by molar-refractivity contribution is 7.92. The number of nitro benzene ring substituents is 1. The fraction of sp³-hybridized carbons (Fsp3) is 0.100. The molecule has 1 heterocycles. The Morgan fingerprint density at radius 2 is 2.10 bits per heavy atom. The highest BCUT2D eigenvalue weighted by atomic mass is 32.2. The molecule has 20 heavy (non-hydrogen) atoms. The zero-order valence-electron chi connectivity index (χ0n) is 10.3. The van der Waals surface area contributed by atoms with Crippen molar-refractivity contribution >= 4 is 27.2 Å². The third-order valence-electron chi connectivity index (χ3n) is 2.45. The fourth-order valence-corrected chi connectivity index (χ4v) is 2.67. The van der Waals surface area contributed by atoms with E-state index >= 15 is 0 Å². The van der Waals surface area contributed by atoms with Crippen LogP contribution in [0.4, 0.5) is 17.2 Å². The monoisotopic (exact) mass is 297 g/mol. The van der Waals surface area contributed by atoms with Crippen LogP contribution in [0.5, 0.6) is 0 Å². The average Bonchev–Trinajstić information content (AvgIpc) is 2.73. The van der Waals surface area contributed by atoms with E-state index in [4.69, 9.17) is 5.73 Å². The van der Waals surface area contributed by atoms with E-state index in [2.05, 4.69) is 9.82 Å². The van der Waals surface area contributed by atoms with Crippen LogP contribution in [0, 0.1) is 10.1 Å². The molecule has 1 aromatic carbocycles. The first-order chi connectivity index (χ1) is 9.29. The van der Waals surface area contributed by atoms with E-state index < -0.39 is 14.9 Å². The number of nitro groups is 1. The molecule has 0 amide bonds. The number of aromatic nitrogens is 2. The van der Waals surface area contributed by atoms with E-state index in [9.17, 15) is 18.5 Å². The zero-order chi connectivity index (χ0) is 14.9. The highest BCUT2D eigenvalue weighted by Crippen LogP contribution is 2.25. The van der Waals surface area contributed by atoms with Gasteiger partial charge in [-0.2, -0.15) is 5.10 Å². The molecule has 10 heteroatoms. The number of hydrogen-bond acceptors (Lipinski definition) is 6. The Morgan fingerprint density at radius 3 is 2.60 bits per heavy atom. The van der Waals surface area contributed by atoms with E-state index in [0.29, 0.717) is 0 Å². The van der Waals surface area contributed by atoms with E-state index in [1.807, 2.05) is 0 Å². The van der Waals surface area contributed by atoms with Gasteiger partial charge in [-0.3, -0.25) is 19.5 Å². The van der Waals surface area contributed by atoms with Gasteiger partial charge in [-0.05, 0) is 6.07 Å². The fourth-order valence-electron chi connectivity index (χ4n) is 1.56. The summed E-state index contributed by atoms with van der Waals surface area (Å²) in [6.45, 7) is 0. The van der Waals surface area contributed by atoms with Crippen LogP contribution in [0.15, 0.2) is 35.4 Å². The predicted octanol–water partition coefficient (Wildman–Crippen LogP) is 0.711. The van der Waals surface area contributed by atoms with Crippen molar-refractivity contribution in [2.45, 2.75) is 4.90 Å². The van der Waals surface area contributed by atoms with E-state index in [0.717, 1.165) is 18.2 Å². The van der Waals surface area contributed by atoms with Gasteiger partial charge in [-0.15, -0.1) is 0 Å². The number of nitrogens with one attached hydrogen (secondary N) is 1. The standard InChI is InChI=1S/C10H11N5O4S/c1-14-5-4-10(12-14)13-20(18,19)9-3-2-7(15(16)17)6-8(9)11/h2-6H,11H2,1H3,(H,12,13). The molecule has 9 nitrogen and oxygen atoms in total. The summed E-state index contributed by atoms with van der Waals surface area (Å²) in [5.41, 5.74) is 5.07. The molecule has 2 rings (SSSR count). The summed E-state index contributed by atoms with van der Waals surface area (Å²) in [6.07, 6.45) is 1.57. The molecule has 106 valence electrons. The Kier molecular flexibility index (Phi) is 3.32. The molecule has 0 aliphatic rings. The minimum absolute atomic E-state index is 0.130. The molecule has 0 saturated heterocycles. The summed E-state index contributed by atoms with van der Waals surface area (Å²) in [7, 11) is -2.31. The van der Waals surface area contributed by atoms with Crippen LogP contribution in [0.1, 0.15) is 0 Å². The van der Waals surface area contributed by atoms with Crippen LogP contribution in [0.2, 0.25) is 0 Å². The third kappa shape index (κ3) is 2.69. The summed E-state index contributed by atoms with van der Waals surface area (Å²) < 4.78 is 27.9. The maximum Gasteiger partial charge on any atom is 0.271 e. The molecular weight excluding hydrogens is 286 g/mol. The minimum Gasteiger partial charge on any atom is -0.397 e. The van der Waals surface area contributed by atoms with Gasteiger partial charge in [0, 0.05) is 31.4 Å². The SMILES string of the molecule is Cn1ccc(NS(=O)(=O)c2ccc([N+](=O)[O-])cc2N)n1. The summed E-state index contributed by atoms with van der Waals surface area (Å²) in [5.74, 6) is 0.130. The van der Waals surface area contributed by atoms with Gasteiger partial charge in [0.25, 0.3) is 15.7 Å². The molecule has 2 aromatic rings. The van der Waals surface area contributed by atoms with Crippen molar-refractivity contribution in [2.75, 3.05) is 10.5 Å². The summed E-state index contributed by atoms with van der Waals surface area (Å²) in [5, 5.41) is 14.5. The summed E-state index contributed by atoms with van der Waals surface area (Å²) >= 11 is 0. The van der Waals surface area contributed by atoms with E-state index in [1.165, 1.54) is 10.7 Å². The Morgan fingerprint density at radius 1 is 1.40 bits per heavy atom. The molecule has 0 bridgehead atoms. The van der Waals surface area contributed by atoms with Crippen molar-refractivity contribution in [3.05, 3.63) is 40.6 Å². The molecule has 0 atom stereocenters. The van der Waals surface area contributed by atoms with Crippen LogP contribution in [0.3, 0.4) is 0 Å². The number of sulfonamides is 1. The first-order valence-electron chi connectivity index (χ1n) is 5.36. The van der Waals surface area contributed by atoms with Gasteiger partial charge in [0.15, 0.2) is 5.82 Å². The van der Waals surface area contributed by atoms with E-state index in [-0.39, 0.29) is 22.1 Å². The first kappa shape index (κ1) is 13.8. The smallest absolute Gasteiger partial charge is 0.271 e. The number of nitrogens with zero attached hydrogens (tertiary/aromatic N) is 3. The van der Waals surface area contributed by atoms with Crippen LogP contribution in [-0.4, -0.2) is 23.1 Å². The molecule has 1 aromatic heterocycles. The third-order valence-corrected chi connectivity index (χ3v) is 3.87. The molecule has 0 aliphatic heterocycles. The van der Waals surface area contributed by atoms with Gasteiger partial charge in [0.2, 0.25) is 0 Å². The first-order valence-corrected chi connectivity index (χ1v) is 6.84. The van der Waals surface area contributed by atoms with Gasteiger partial charge >= 0.3 is 0 Å². The highest BCUT2D eigenvalue weighted by Gasteiger charge is 2.20. The molecule has 0 radical (unpaired) electrons. The molecule has 3 N–H and O–H groups in total. The number of nitrogen functional groups attached to an aromatic ring is 1. The van der Waals surface area contributed by atoms with Gasteiger partial charge in [-0.1, -0.05) is 0 Å². The lowest BCUT2D eigenvalue weighted by molar-refractivity contribution is -0.384. The van der Waals surface area contributed by atoms with Gasteiger partial charge in [-0.25, -0.2) is 8.42 Å². The topological polar surface area (TPSA) is 133 Å². The second kappa shape index (κ2) is 4.81. The lowest BCUT2D eigenvalue weighted by atomic mass is 10.3. The Balaban J connectivity index is 2.37. The van der Waals surface area contributed by atoms with Crippen LogP contribution >= 0.6 is 0 Å². The number of rotatable bonds is 4. The normalized spacial score (nSPS) is 11.2. The number of aryl methyl sites for hydroxylation is 1. The second-order valence-corrected chi connectivity index (χ2v) is 5.61. The second-order valence-electron chi connectivity index (χ2n) is 3.96. The average molecular weight is 297 g/mol. The van der Waals surface area contributed by atoms with Crippen molar-refractivity contribution in [2.24, 2.45) is 7.05 Å². The lowest BCUT2D eigenvalue weighted by Gasteiger charge is -2.07. The summed E-state index contributed by atoms with van der Waals surface area (Å²) in [6, 6.07) is 4.62. The van der Waals surface area contributed by atoms with E-state index in [1.54, 1.807) is 13.2 Å². The number of benzene rings is 1. The summed E-state index contributed by atoms with van der Waals surface area (Å²) in [4.78, 5) is 9.68. The number of hydrogen-bond donors (Lipinski definition) is 2. The van der Waals surface area contributed by atoms with Crippen LogP contribution < -0.4 is 10.5 Å². The maximum absolute atomic E-state index is 12.1. The van der Waals surface area contributed by atoms with Crippen molar-refractivity contribution in [1.82, 2.24) is 9.78 Å². The molecule has 0 aliphatic carbocycles. The molecule has 0 saturated carbocycles. The predicted molar refractivity (Wildman–Crippen MR) is 71.5 cm³/mol. The molecule has 0 unspecified atom stereocenters. The largest absolute Gasteiger partial charge is 0.397 e. The molecule has 0 fully saturated rings. The Hall–Kier alpha value is -2.62. The van der Waals surface area contributed by atoms with Gasteiger partial charge in [0.1, 0.15) is 4.90 Å². The Bertz CT molecular complexity index is 768. The Labute approximate surface area is 114 Å². The van der Waals surface area contributed by atoms with Crippen molar-refractivity contribution < 1.29 is 13.3 Å². The van der Waals surface area contributed by atoms with Crippen molar-refractivity contribution in [3.8, 4) is 0 Å².